The highest BCUT2D eigenvalue weighted by molar-refractivity contribution is 6.22. The molecular weight excluding hydrogens is 240 g/mol. The van der Waals surface area contributed by atoms with Crippen molar-refractivity contribution in [3.63, 3.8) is 0 Å². The fraction of sp³-hybridized carbons (Fsp3) is 0.294. The van der Waals surface area contributed by atoms with Gasteiger partial charge in [-0.3, -0.25) is 0 Å². The first-order chi connectivity index (χ1) is 8.47. The van der Waals surface area contributed by atoms with E-state index in [2.05, 4.69) is 64.1 Å². The van der Waals surface area contributed by atoms with Crippen LogP contribution in [-0.2, 0) is 0 Å². The van der Waals surface area contributed by atoms with Crippen molar-refractivity contribution in [1.29, 1.82) is 0 Å². The van der Waals surface area contributed by atoms with E-state index in [0.29, 0.717) is 0 Å². The van der Waals surface area contributed by atoms with E-state index in [1.165, 1.54) is 33.4 Å². The van der Waals surface area contributed by atoms with Gasteiger partial charge in [0, 0.05) is 0 Å². The molecule has 0 spiro atoms. The van der Waals surface area contributed by atoms with Gasteiger partial charge >= 0.3 is 0 Å². The quantitative estimate of drug-likeness (QED) is 0.646. The third kappa shape index (κ3) is 2.76. The Morgan fingerprint density at radius 1 is 0.778 bits per heavy atom. The minimum absolute atomic E-state index is 0.0656. The van der Waals surface area contributed by atoms with Crippen molar-refractivity contribution in [1.82, 2.24) is 0 Å². The molecule has 0 saturated carbocycles. The number of benzene rings is 2. The molecular formula is C17H19Cl. The molecule has 18 heavy (non-hydrogen) atoms. The zero-order valence-corrected chi connectivity index (χ0v) is 12.2. The van der Waals surface area contributed by atoms with Crippen molar-refractivity contribution in [2.75, 3.05) is 0 Å². The molecule has 0 bridgehead atoms. The van der Waals surface area contributed by atoms with Gasteiger partial charge < -0.3 is 0 Å². The van der Waals surface area contributed by atoms with Crippen LogP contribution in [-0.4, -0.2) is 0 Å². The maximum Gasteiger partial charge on any atom is 0.0838 e. The van der Waals surface area contributed by atoms with Crippen molar-refractivity contribution in [2.45, 2.75) is 33.1 Å². The van der Waals surface area contributed by atoms with E-state index in [4.69, 9.17) is 11.6 Å². The molecule has 0 aliphatic heterocycles. The SMILES string of the molecule is Cc1cc(C)cc(C(Cl)c2ccc(C)cc2C)c1. The van der Waals surface area contributed by atoms with Gasteiger partial charge in [-0.2, -0.15) is 0 Å². The third-order valence-corrected chi connectivity index (χ3v) is 3.72. The first kappa shape index (κ1) is 13.2. The van der Waals surface area contributed by atoms with Crippen molar-refractivity contribution < 1.29 is 0 Å². The van der Waals surface area contributed by atoms with Gasteiger partial charge in [0.05, 0.1) is 5.38 Å². The fourth-order valence-corrected chi connectivity index (χ4v) is 2.82. The molecule has 1 heteroatoms. The molecule has 0 aliphatic carbocycles. The molecule has 1 unspecified atom stereocenters. The molecule has 0 aliphatic rings. The average Bonchev–Trinajstić information content (AvgIpc) is 2.26. The zero-order valence-electron chi connectivity index (χ0n) is 11.4. The Morgan fingerprint density at radius 3 is 1.94 bits per heavy atom. The second kappa shape index (κ2) is 5.16. The van der Waals surface area contributed by atoms with Crippen LogP contribution in [0.2, 0.25) is 0 Å². The zero-order chi connectivity index (χ0) is 13.3. The van der Waals surface area contributed by atoms with Gasteiger partial charge in [0.2, 0.25) is 0 Å². The molecule has 0 radical (unpaired) electrons. The van der Waals surface area contributed by atoms with Crippen molar-refractivity contribution in [2.24, 2.45) is 0 Å². The lowest BCUT2D eigenvalue weighted by molar-refractivity contribution is 1.09. The Balaban J connectivity index is 2.44. The summed E-state index contributed by atoms with van der Waals surface area (Å²) in [5.41, 5.74) is 7.45. The Hall–Kier alpha value is -1.27. The Bertz CT molecular complexity index is 550. The molecule has 1 atom stereocenters. The van der Waals surface area contributed by atoms with E-state index in [0.717, 1.165) is 0 Å². The lowest BCUT2D eigenvalue weighted by atomic mass is 9.96. The van der Waals surface area contributed by atoms with Crippen LogP contribution in [0.25, 0.3) is 0 Å². The molecule has 94 valence electrons. The van der Waals surface area contributed by atoms with Crippen LogP contribution in [0.4, 0.5) is 0 Å². The number of hydrogen-bond donors (Lipinski definition) is 0. The smallest absolute Gasteiger partial charge is 0.0838 e. The molecule has 2 aromatic carbocycles. The first-order valence-corrected chi connectivity index (χ1v) is 6.70. The Morgan fingerprint density at radius 2 is 1.39 bits per heavy atom. The second-order valence-corrected chi connectivity index (χ2v) is 5.58. The molecule has 0 nitrogen and oxygen atoms in total. The highest BCUT2D eigenvalue weighted by Crippen LogP contribution is 2.32. The Kier molecular flexibility index (Phi) is 3.77. The standard InChI is InChI=1S/C17H19Cl/c1-11-5-6-16(14(4)8-11)17(18)15-9-12(2)7-13(3)10-15/h5-10,17H,1-4H3. The van der Waals surface area contributed by atoms with Gasteiger partial charge in [-0.05, 0) is 44.4 Å². The molecule has 0 fully saturated rings. The molecule has 2 aromatic rings. The summed E-state index contributed by atoms with van der Waals surface area (Å²) in [5.74, 6) is 0. The minimum Gasteiger partial charge on any atom is -0.113 e. The Labute approximate surface area is 115 Å². The summed E-state index contributed by atoms with van der Waals surface area (Å²) in [6, 6.07) is 13.0. The third-order valence-electron chi connectivity index (χ3n) is 3.24. The topological polar surface area (TPSA) is 0 Å². The van der Waals surface area contributed by atoms with Gasteiger partial charge in [-0.15, -0.1) is 11.6 Å². The lowest BCUT2D eigenvalue weighted by Gasteiger charge is -2.15. The maximum atomic E-state index is 6.63. The van der Waals surface area contributed by atoms with Crippen LogP contribution in [0.3, 0.4) is 0 Å². The fourth-order valence-electron chi connectivity index (χ4n) is 2.45. The van der Waals surface area contributed by atoms with Crippen LogP contribution < -0.4 is 0 Å². The molecule has 0 amide bonds. The van der Waals surface area contributed by atoms with Gasteiger partial charge in [0.15, 0.2) is 0 Å². The molecule has 0 saturated heterocycles. The number of alkyl halides is 1. The van der Waals surface area contributed by atoms with E-state index in [9.17, 15) is 0 Å². The molecule has 2 rings (SSSR count). The van der Waals surface area contributed by atoms with Crippen LogP contribution >= 0.6 is 11.6 Å². The van der Waals surface area contributed by atoms with Crippen LogP contribution in [0.15, 0.2) is 36.4 Å². The van der Waals surface area contributed by atoms with Gasteiger partial charge in [-0.25, -0.2) is 0 Å². The monoisotopic (exact) mass is 258 g/mol. The summed E-state index contributed by atoms with van der Waals surface area (Å²) in [6.45, 7) is 8.46. The van der Waals surface area contributed by atoms with Crippen molar-refractivity contribution >= 4 is 11.6 Å². The van der Waals surface area contributed by atoms with E-state index >= 15 is 0 Å². The number of aryl methyl sites for hydroxylation is 4. The van der Waals surface area contributed by atoms with Crippen molar-refractivity contribution in [3.8, 4) is 0 Å². The summed E-state index contributed by atoms with van der Waals surface area (Å²) < 4.78 is 0. The van der Waals surface area contributed by atoms with E-state index in [-0.39, 0.29) is 5.38 Å². The largest absolute Gasteiger partial charge is 0.113 e. The highest BCUT2D eigenvalue weighted by atomic mass is 35.5. The summed E-state index contributed by atoms with van der Waals surface area (Å²) in [7, 11) is 0. The van der Waals surface area contributed by atoms with Gasteiger partial charge in [-0.1, -0.05) is 53.1 Å². The predicted molar refractivity (Wildman–Crippen MR) is 79.5 cm³/mol. The number of halogens is 1. The number of hydrogen-bond acceptors (Lipinski definition) is 0. The van der Waals surface area contributed by atoms with Gasteiger partial charge in [0.25, 0.3) is 0 Å². The second-order valence-electron chi connectivity index (χ2n) is 5.14. The minimum atomic E-state index is -0.0656. The molecule has 0 heterocycles. The highest BCUT2D eigenvalue weighted by Gasteiger charge is 2.13. The summed E-state index contributed by atoms with van der Waals surface area (Å²) in [4.78, 5) is 0. The molecule has 0 aromatic heterocycles. The first-order valence-electron chi connectivity index (χ1n) is 6.27. The summed E-state index contributed by atoms with van der Waals surface area (Å²) in [5, 5.41) is -0.0656. The van der Waals surface area contributed by atoms with Crippen molar-refractivity contribution in [3.05, 3.63) is 69.8 Å². The summed E-state index contributed by atoms with van der Waals surface area (Å²) >= 11 is 6.63. The van der Waals surface area contributed by atoms with Crippen LogP contribution in [0.1, 0.15) is 38.8 Å². The van der Waals surface area contributed by atoms with E-state index in [1.54, 1.807) is 0 Å². The van der Waals surface area contributed by atoms with E-state index < -0.39 is 0 Å². The summed E-state index contributed by atoms with van der Waals surface area (Å²) in [6.07, 6.45) is 0. The normalized spacial score (nSPS) is 12.5. The number of rotatable bonds is 2. The molecule has 0 N–H and O–H groups in total. The maximum absolute atomic E-state index is 6.63. The van der Waals surface area contributed by atoms with Gasteiger partial charge in [0.1, 0.15) is 0 Å². The van der Waals surface area contributed by atoms with Crippen LogP contribution in [0, 0.1) is 27.7 Å². The van der Waals surface area contributed by atoms with Crippen LogP contribution in [0.5, 0.6) is 0 Å². The predicted octanol–water partition coefficient (Wildman–Crippen LogP) is 5.25. The van der Waals surface area contributed by atoms with E-state index in [1.807, 2.05) is 0 Å². The average molecular weight is 259 g/mol. The lowest BCUT2D eigenvalue weighted by Crippen LogP contribution is -1.98.